The van der Waals surface area contributed by atoms with Crippen LogP contribution in [0.5, 0.6) is 0 Å². The molecule has 0 unspecified atom stereocenters. The summed E-state index contributed by atoms with van der Waals surface area (Å²) in [5, 5.41) is 0. The minimum absolute atomic E-state index is 0.881. The van der Waals surface area contributed by atoms with E-state index in [2.05, 4.69) is 35.3 Å². The quantitative estimate of drug-likeness (QED) is 0.462. The Morgan fingerprint density at radius 2 is 1.88 bits per heavy atom. The van der Waals surface area contributed by atoms with Crippen LogP contribution in [0.4, 0.5) is 0 Å². The van der Waals surface area contributed by atoms with Crippen molar-refractivity contribution in [3.05, 3.63) is 84.4 Å². The van der Waals surface area contributed by atoms with E-state index in [1.165, 1.54) is 16.7 Å². The van der Waals surface area contributed by atoms with Crippen molar-refractivity contribution in [2.45, 2.75) is 6.42 Å². The molecule has 0 radical (unpaired) electrons. The number of hydrogen-bond acceptors (Lipinski definition) is 3. The zero-order valence-corrected chi connectivity index (χ0v) is 12.9. The monoisotopic (exact) mass is 310 g/mol. The van der Waals surface area contributed by atoms with Gasteiger partial charge in [-0.1, -0.05) is 24.3 Å². The molecule has 1 aliphatic carbocycles. The highest BCUT2D eigenvalue weighted by Gasteiger charge is 2.25. The zero-order chi connectivity index (χ0) is 15.9. The molecule has 0 saturated carbocycles. The Morgan fingerprint density at radius 3 is 2.71 bits per heavy atom. The third kappa shape index (κ3) is 1.98. The summed E-state index contributed by atoms with van der Waals surface area (Å²) in [6.07, 6.45) is 6.23. The van der Waals surface area contributed by atoms with Crippen LogP contribution in [0, 0.1) is 0 Å². The van der Waals surface area contributed by atoms with Crippen LogP contribution < -0.4 is 0 Å². The molecule has 3 heterocycles. The second-order valence-corrected chi connectivity index (χ2v) is 5.94. The van der Waals surface area contributed by atoms with E-state index in [0.717, 1.165) is 34.7 Å². The Labute approximate surface area is 139 Å². The van der Waals surface area contributed by atoms with Crippen LogP contribution in [0.1, 0.15) is 11.1 Å². The van der Waals surface area contributed by atoms with Gasteiger partial charge in [0, 0.05) is 35.5 Å². The lowest BCUT2D eigenvalue weighted by Gasteiger charge is -2.10. The van der Waals surface area contributed by atoms with Gasteiger partial charge < -0.3 is 4.42 Å². The number of rotatable bonds is 2. The van der Waals surface area contributed by atoms with Gasteiger partial charge in [0.1, 0.15) is 5.76 Å². The Hall–Kier alpha value is -3.20. The van der Waals surface area contributed by atoms with Crippen molar-refractivity contribution in [2.24, 2.45) is 0 Å². The lowest BCUT2D eigenvalue weighted by atomic mass is 10.0. The molecular formula is C21H14N2O. The highest BCUT2D eigenvalue weighted by Crippen LogP contribution is 2.42. The first-order valence-corrected chi connectivity index (χ1v) is 7.96. The smallest absolute Gasteiger partial charge is 0.134 e. The van der Waals surface area contributed by atoms with Crippen LogP contribution in [0.15, 0.2) is 77.7 Å². The summed E-state index contributed by atoms with van der Waals surface area (Å²) in [4.78, 5) is 9.18. The maximum Gasteiger partial charge on any atom is 0.134 e. The molecule has 1 aliphatic rings. The standard InChI is InChI=1S/C21H14N2O/c1-2-7-16-14(5-1)11-18-17(20-8-4-10-24-20)12-19(23-21(16)18)15-6-3-9-22-13-15/h1-10,12-13H,11H2. The molecule has 24 heavy (non-hydrogen) atoms. The van der Waals surface area contributed by atoms with Crippen LogP contribution in [0.25, 0.3) is 33.8 Å². The summed E-state index contributed by atoms with van der Waals surface area (Å²) in [5.74, 6) is 0.881. The average Bonchev–Trinajstić information content (AvgIpc) is 3.29. The number of pyridine rings is 2. The number of nitrogens with zero attached hydrogens (tertiary/aromatic N) is 2. The van der Waals surface area contributed by atoms with E-state index < -0.39 is 0 Å². The van der Waals surface area contributed by atoms with E-state index in [0.29, 0.717) is 0 Å². The number of furan rings is 1. The molecular weight excluding hydrogens is 296 g/mol. The highest BCUT2D eigenvalue weighted by molar-refractivity contribution is 5.84. The molecule has 0 amide bonds. The Balaban J connectivity index is 1.80. The Morgan fingerprint density at radius 1 is 0.917 bits per heavy atom. The zero-order valence-electron chi connectivity index (χ0n) is 12.9. The molecule has 114 valence electrons. The van der Waals surface area contributed by atoms with Crippen LogP contribution in [0.2, 0.25) is 0 Å². The largest absolute Gasteiger partial charge is 0.464 e. The maximum absolute atomic E-state index is 5.69. The molecule has 0 aliphatic heterocycles. The number of aromatic nitrogens is 2. The van der Waals surface area contributed by atoms with Gasteiger partial charge in [-0.2, -0.15) is 0 Å². The minimum Gasteiger partial charge on any atom is -0.464 e. The molecule has 3 nitrogen and oxygen atoms in total. The van der Waals surface area contributed by atoms with Crippen molar-refractivity contribution in [2.75, 3.05) is 0 Å². The van der Waals surface area contributed by atoms with Crippen LogP contribution >= 0.6 is 0 Å². The van der Waals surface area contributed by atoms with Crippen molar-refractivity contribution in [3.8, 4) is 33.8 Å². The summed E-state index contributed by atoms with van der Waals surface area (Å²) in [6, 6.07) is 18.5. The van der Waals surface area contributed by atoms with Gasteiger partial charge in [-0.15, -0.1) is 0 Å². The SMILES string of the molecule is c1cncc(-c2cc(-c3ccco3)c3c(n2)-c2ccccc2C3)c1. The van der Waals surface area contributed by atoms with Gasteiger partial charge in [-0.3, -0.25) is 4.98 Å². The van der Waals surface area contributed by atoms with Gasteiger partial charge in [0.05, 0.1) is 17.7 Å². The fourth-order valence-corrected chi connectivity index (χ4v) is 3.38. The van der Waals surface area contributed by atoms with Crippen molar-refractivity contribution < 1.29 is 4.42 Å². The van der Waals surface area contributed by atoms with E-state index >= 15 is 0 Å². The third-order valence-corrected chi connectivity index (χ3v) is 4.51. The summed E-state index contributed by atoms with van der Waals surface area (Å²) < 4.78 is 5.69. The first-order chi connectivity index (χ1) is 11.9. The van der Waals surface area contributed by atoms with E-state index in [9.17, 15) is 0 Å². The van der Waals surface area contributed by atoms with Crippen molar-refractivity contribution >= 4 is 0 Å². The predicted molar refractivity (Wildman–Crippen MR) is 93.4 cm³/mol. The summed E-state index contributed by atoms with van der Waals surface area (Å²) in [6.45, 7) is 0. The van der Waals surface area contributed by atoms with Gasteiger partial charge in [0.15, 0.2) is 0 Å². The van der Waals surface area contributed by atoms with Gasteiger partial charge >= 0.3 is 0 Å². The van der Waals surface area contributed by atoms with E-state index in [1.807, 2.05) is 30.5 Å². The normalized spacial score (nSPS) is 12.0. The first kappa shape index (κ1) is 13.3. The molecule has 0 atom stereocenters. The van der Waals surface area contributed by atoms with Crippen molar-refractivity contribution in [1.82, 2.24) is 9.97 Å². The molecule has 5 rings (SSSR count). The number of fused-ring (bicyclic) bond motifs is 3. The van der Waals surface area contributed by atoms with Gasteiger partial charge in [0.25, 0.3) is 0 Å². The van der Waals surface area contributed by atoms with Crippen LogP contribution in [-0.2, 0) is 6.42 Å². The van der Waals surface area contributed by atoms with Crippen LogP contribution in [0.3, 0.4) is 0 Å². The topological polar surface area (TPSA) is 38.9 Å². The van der Waals surface area contributed by atoms with Gasteiger partial charge in [0.2, 0.25) is 0 Å². The fraction of sp³-hybridized carbons (Fsp3) is 0.0476. The predicted octanol–water partition coefficient (Wildman–Crippen LogP) is 4.97. The van der Waals surface area contributed by atoms with E-state index in [-0.39, 0.29) is 0 Å². The highest BCUT2D eigenvalue weighted by atomic mass is 16.3. The minimum atomic E-state index is 0.881. The molecule has 0 spiro atoms. The molecule has 0 bridgehead atoms. The third-order valence-electron chi connectivity index (χ3n) is 4.51. The second-order valence-electron chi connectivity index (χ2n) is 5.94. The summed E-state index contributed by atoms with van der Waals surface area (Å²) >= 11 is 0. The van der Waals surface area contributed by atoms with E-state index in [1.54, 1.807) is 12.5 Å². The lowest BCUT2D eigenvalue weighted by Crippen LogP contribution is -1.94. The van der Waals surface area contributed by atoms with Gasteiger partial charge in [-0.25, -0.2) is 4.98 Å². The molecule has 0 saturated heterocycles. The Kier molecular flexibility index (Phi) is 2.85. The van der Waals surface area contributed by atoms with E-state index in [4.69, 9.17) is 9.40 Å². The summed E-state index contributed by atoms with van der Waals surface area (Å²) in [7, 11) is 0. The fourth-order valence-electron chi connectivity index (χ4n) is 3.38. The average molecular weight is 310 g/mol. The molecule has 1 aromatic carbocycles. The Bertz CT molecular complexity index is 1020. The molecule has 4 aromatic rings. The van der Waals surface area contributed by atoms with Crippen molar-refractivity contribution in [1.29, 1.82) is 0 Å². The summed E-state index contributed by atoms with van der Waals surface area (Å²) in [5.41, 5.74) is 7.86. The molecule has 0 fully saturated rings. The number of benzene rings is 1. The second kappa shape index (κ2) is 5.17. The first-order valence-electron chi connectivity index (χ1n) is 7.96. The molecule has 3 aromatic heterocycles. The van der Waals surface area contributed by atoms with Crippen molar-refractivity contribution in [3.63, 3.8) is 0 Å². The lowest BCUT2D eigenvalue weighted by molar-refractivity contribution is 0.582. The van der Waals surface area contributed by atoms with Gasteiger partial charge in [-0.05, 0) is 41.5 Å². The van der Waals surface area contributed by atoms with Crippen LogP contribution in [-0.4, -0.2) is 9.97 Å². The molecule has 3 heteroatoms. The maximum atomic E-state index is 5.69. The number of hydrogen-bond donors (Lipinski definition) is 0. The molecule has 0 N–H and O–H groups in total.